The lowest BCUT2D eigenvalue weighted by molar-refractivity contribution is -0.128. The molecule has 0 saturated carbocycles. The summed E-state index contributed by atoms with van der Waals surface area (Å²) in [6.45, 7) is 5.22. The Hall–Kier alpha value is -5.67. The summed E-state index contributed by atoms with van der Waals surface area (Å²) in [4.78, 5) is 77.4. The van der Waals surface area contributed by atoms with Crippen LogP contribution in [0.15, 0.2) is 65.7 Å². The number of carbonyl (C=O) groups is 6. The van der Waals surface area contributed by atoms with Crippen LogP contribution in [0.5, 0.6) is 0 Å². The first-order valence-corrected chi connectivity index (χ1v) is 16.6. The van der Waals surface area contributed by atoms with Crippen molar-refractivity contribution >= 4 is 42.3 Å². The highest BCUT2D eigenvalue weighted by Crippen LogP contribution is 2.09. The summed E-state index contributed by atoms with van der Waals surface area (Å²) in [5.41, 5.74) is 6.57. The van der Waals surface area contributed by atoms with Gasteiger partial charge in [0.1, 0.15) is 31.1 Å². The summed E-state index contributed by atoms with van der Waals surface area (Å²) in [7, 11) is 0. The molecule has 2 aromatic rings. The van der Waals surface area contributed by atoms with Gasteiger partial charge in [0.25, 0.3) is 0 Å². The standard InChI is InChI=1S/C35H49N7O9/c1-35(2,3)51-34(48)41-28(18-10-11-19-38-32(46)49-23-25-13-6-4-7-14-25)30(45)39-21-29(44)40-27(22-43)17-12-20-37-31(36)42-33(47)50-24-26-15-8-5-9-16-26/h4-9,13-16,22,27-28H,10-12,17-21,23-24H2,1-3H3,(H,38,46)(H,39,45)(H,40,44)(H,41,48)(H3,36,37,42,47)/t27-,28+/m0/s1. The summed E-state index contributed by atoms with van der Waals surface area (Å²) in [6.07, 6.45) is 0.0719. The van der Waals surface area contributed by atoms with Gasteiger partial charge >= 0.3 is 18.3 Å². The van der Waals surface area contributed by atoms with Crippen LogP contribution in [0.2, 0.25) is 0 Å². The number of guanidine groups is 1. The van der Waals surface area contributed by atoms with E-state index in [4.69, 9.17) is 19.9 Å². The van der Waals surface area contributed by atoms with Gasteiger partial charge in [-0.15, -0.1) is 0 Å². The first-order chi connectivity index (χ1) is 24.3. The molecule has 0 radical (unpaired) electrons. The number of hydrogen-bond acceptors (Lipinski definition) is 10. The number of amides is 5. The zero-order valence-corrected chi connectivity index (χ0v) is 29.3. The lowest BCUT2D eigenvalue weighted by Gasteiger charge is -2.23. The molecule has 2 rings (SSSR count). The van der Waals surface area contributed by atoms with Gasteiger partial charge in [-0.1, -0.05) is 60.7 Å². The Bertz CT molecular complexity index is 1430. The molecule has 2 atom stereocenters. The Morgan fingerprint density at radius 3 is 1.98 bits per heavy atom. The van der Waals surface area contributed by atoms with E-state index in [1.807, 2.05) is 48.5 Å². The Morgan fingerprint density at radius 1 is 0.784 bits per heavy atom. The molecule has 16 nitrogen and oxygen atoms in total. The lowest BCUT2D eigenvalue weighted by Crippen LogP contribution is -2.50. The number of aliphatic imine (C=N–C) groups is 1. The van der Waals surface area contributed by atoms with Crippen LogP contribution in [0.3, 0.4) is 0 Å². The second kappa shape index (κ2) is 22.9. The number of alkyl carbamates (subject to hydrolysis) is 3. The van der Waals surface area contributed by atoms with Crippen molar-refractivity contribution in [2.75, 3.05) is 19.6 Å². The molecular weight excluding hydrogens is 662 g/mol. The van der Waals surface area contributed by atoms with E-state index in [0.717, 1.165) is 11.1 Å². The third-order valence-electron chi connectivity index (χ3n) is 6.74. The minimum Gasteiger partial charge on any atom is -0.445 e. The second-order valence-corrected chi connectivity index (χ2v) is 12.3. The van der Waals surface area contributed by atoms with E-state index in [0.29, 0.717) is 25.5 Å². The van der Waals surface area contributed by atoms with Gasteiger partial charge in [-0.25, -0.2) is 14.4 Å². The molecule has 278 valence electrons. The minimum atomic E-state index is -1.04. The van der Waals surface area contributed by atoms with E-state index < -0.39 is 54.3 Å². The first kappa shape index (κ1) is 41.5. The zero-order valence-electron chi connectivity index (χ0n) is 29.3. The molecule has 7 N–H and O–H groups in total. The molecule has 0 aliphatic rings. The molecule has 0 bridgehead atoms. The molecule has 0 saturated heterocycles. The Kier molecular flexibility index (Phi) is 18.6. The van der Waals surface area contributed by atoms with Gasteiger partial charge in [-0.05, 0) is 64.0 Å². The number of rotatable bonds is 19. The number of nitrogens with two attached hydrogens (primary N) is 1. The molecule has 0 aromatic heterocycles. The van der Waals surface area contributed by atoms with Gasteiger partial charge < -0.3 is 46.0 Å². The predicted octanol–water partition coefficient (Wildman–Crippen LogP) is 2.80. The second-order valence-electron chi connectivity index (χ2n) is 12.3. The molecule has 5 amide bonds. The highest BCUT2D eigenvalue weighted by atomic mass is 16.6. The van der Waals surface area contributed by atoms with E-state index in [2.05, 4.69) is 31.6 Å². The SMILES string of the molecule is CC(C)(C)OC(=O)N[C@H](CCCCNC(=O)OCc1ccccc1)C(=O)NCC(=O)N[C@H](C=O)CCCN=C(N)NC(=O)OCc1ccccc1. The summed E-state index contributed by atoms with van der Waals surface area (Å²) in [5.74, 6) is -1.41. The van der Waals surface area contributed by atoms with E-state index in [9.17, 15) is 28.8 Å². The van der Waals surface area contributed by atoms with Crippen molar-refractivity contribution in [3.05, 3.63) is 71.8 Å². The van der Waals surface area contributed by atoms with Gasteiger partial charge in [0.15, 0.2) is 5.96 Å². The molecule has 2 aromatic carbocycles. The van der Waals surface area contributed by atoms with E-state index in [1.54, 1.807) is 32.9 Å². The molecule has 16 heteroatoms. The maximum absolute atomic E-state index is 13.0. The summed E-state index contributed by atoms with van der Waals surface area (Å²) in [6, 6.07) is 16.4. The van der Waals surface area contributed by atoms with Crippen LogP contribution in [0.4, 0.5) is 14.4 Å². The first-order valence-electron chi connectivity index (χ1n) is 16.6. The van der Waals surface area contributed by atoms with Crippen LogP contribution in [0, 0.1) is 0 Å². The number of aldehydes is 1. The van der Waals surface area contributed by atoms with Crippen molar-refractivity contribution in [1.29, 1.82) is 0 Å². The van der Waals surface area contributed by atoms with Crippen LogP contribution < -0.4 is 32.3 Å². The predicted molar refractivity (Wildman–Crippen MR) is 188 cm³/mol. The zero-order chi connectivity index (χ0) is 37.5. The van der Waals surface area contributed by atoms with E-state index >= 15 is 0 Å². The average Bonchev–Trinajstić information content (AvgIpc) is 3.09. The maximum atomic E-state index is 13.0. The van der Waals surface area contributed by atoms with Crippen molar-refractivity contribution in [1.82, 2.24) is 26.6 Å². The molecule has 0 unspecified atom stereocenters. The summed E-state index contributed by atoms with van der Waals surface area (Å²) >= 11 is 0. The van der Waals surface area contributed by atoms with Crippen molar-refractivity contribution in [3.63, 3.8) is 0 Å². The van der Waals surface area contributed by atoms with Crippen molar-refractivity contribution in [3.8, 4) is 0 Å². The molecule has 0 heterocycles. The van der Waals surface area contributed by atoms with Gasteiger partial charge in [0, 0.05) is 13.1 Å². The number of nitrogens with zero attached hydrogens (tertiary/aromatic N) is 1. The number of carbonyl (C=O) groups excluding carboxylic acids is 6. The molecule has 0 spiro atoms. The largest absolute Gasteiger partial charge is 0.445 e. The topological polar surface area (TPSA) is 229 Å². The fraction of sp³-hybridized carbons (Fsp3) is 0.457. The third-order valence-corrected chi connectivity index (χ3v) is 6.74. The monoisotopic (exact) mass is 711 g/mol. The summed E-state index contributed by atoms with van der Waals surface area (Å²) < 4.78 is 15.5. The van der Waals surface area contributed by atoms with Crippen LogP contribution >= 0.6 is 0 Å². The van der Waals surface area contributed by atoms with Crippen LogP contribution in [-0.2, 0) is 41.8 Å². The van der Waals surface area contributed by atoms with Crippen LogP contribution in [-0.4, -0.2) is 79.7 Å². The van der Waals surface area contributed by atoms with Gasteiger partial charge in [-0.3, -0.25) is 19.9 Å². The Labute approximate surface area is 297 Å². The van der Waals surface area contributed by atoms with E-state index in [1.165, 1.54) is 0 Å². The van der Waals surface area contributed by atoms with Gasteiger partial charge in [0.2, 0.25) is 11.8 Å². The minimum absolute atomic E-state index is 0.0648. The van der Waals surface area contributed by atoms with Crippen molar-refractivity contribution in [2.24, 2.45) is 10.7 Å². The van der Waals surface area contributed by atoms with Crippen LogP contribution in [0.1, 0.15) is 64.0 Å². The van der Waals surface area contributed by atoms with Crippen molar-refractivity contribution in [2.45, 2.75) is 83.8 Å². The third kappa shape index (κ3) is 19.8. The Morgan fingerprint density at radius 2 is 1.39 bits per heavy atom. The number of unbranched alkanes of at least 4 members (excludes halogenated alkanes) is 1. The smallest absolute Gasteiger partial charge is 0.414 e. The van der Waals surface area contributed by atoms with E-state index in [-0.39, 0.29) is 45.1 Å². The van der Waals surface area contributed by atoms with Crippen LogP contribution in [0.25, 0.3) is 0 Å². The van der Waals surface area contributed by atoms with Gasteiger partial charge in [0.05, 0.1) is 12.6 Å². The highest BCUT2D eigenvalue weighted by molar-refractivity contribution is 5.93. The number of nitrogens with one attached hydrogen (secondary N) is 5. The molecule has 0 aliphatic heterocycles. The highest BCUT2D eigenvalue weighted by Gasteiger charge is 2.25. The Balaban J connectivity index is 1.73. The molecule has 0 fully saturated rings. The lowest BCUT2D eigenvalue weighted by atomic mass is 10.1. The number of benzene rings is 2. The normalized spacial score (nSPS) is 12.3. The fourth-order valence-corrected chi connectivity index (χ4v) is 4.29. The molecule has 0 aliphatic carbocycles. The number of hydrogen-bond donors (Lipinski definition) is 6. The fourth-order valence-electron chi connectivity index (χ4n) is 4.29. The summed E-state index contributed by atoms with van der Waals surface area (Å²) in [5, 5.41) is 12.5. The molecule has 51 heavy (non-hydrogen) atoms. The van der Waals surface area contributed by atoms with Gasteiger partial charge in [-0.2, -0.15) is 0 Å². The number of ether oxygens (including phenoxy) is 3. The molecular formula is C35H49N7O9. The van der Waals surface area contributed by atoms with Crippen molar-refractivity contribution < 1.29 is 43.0 Å². The quantitative estimate of drug-likeness (QED) is 0.0410. The maximum Gasteiger partial charge on any atom is 0.414 e. The average molecular weight is 712 g/mol.